The van der Waals surface area contributed by atoms with E-state index in [4.69, 9.17) is 15.6 Å². The highest BCUT2D eigenvalue weighted by Crippen LogP contribution is 2.35. The molecule has 0 aliphatic rings. The fourth-order valence-electron chi connectivity index (χ4n) is 0.922. The molecule has 0 atom stereocenters. The second kappa shape index (κ2) is 4.79. The van der Waals surface area contributed by atoms with E-state index in [2.05, 4.69) is 0 Å². The van der Waals surface area contributed by atoms with Gasteiger partial charge < -0.3 is 20.7 Å². The topological polar surface area (TPSA) is 75.7 Å². The largest absolute Gasteiger partial charge is 0.504 e. The molecular weight excluding hydrogens is 194 g/mol. The van der Waals surface area contributed by atoms with Gasteiger partial charge in [-0.25, -0.2) is 0 Å². The summed E-state index contributed by atoms with van der Waals surface area (Å²) in [5, 5.41) is 18.4. The second-order valence-corrected chi connectivity index (χ2v) is 2.37. The Bertz CT molecular complexity index is 291. The number of nitrogens with two attached hydrogens (primary N) is 1. The Morgan fingerprint density at radius 3 is 2.46 bits per heavy atom. The van der Waals surface area contributed by atoms with Crippen molar-refractivity contribution in [2.24, 2.45) is 5.73 Å². The fourth-order valence-corrected chi connectivity index (χ4v) is 0.922. The molecule has 1 rings (SSSR count). The molecule has 1 aromatic carbocycles. The lowest BCUT2D eigenvalue weighted by Gasteiger charge is -2.06. The van der Waals surface area contributed by atoms with Gasteiger partial charge in [-0.15, -0.1) is 12.4 Å². The van der Waals surface area contributed by atoms with Crippen molar-refractivity contribution < 1.29 is 14.9 Å². The number of halogens is 1. The highest BCUT2D eigenvalue weighted by Gasteiger charge is 2.07. The van der Waals surface area contributed by atoms with Gasteiger partial charge in [0.25, 0.3) is 0 Å². The molecule has 0 amide bonds. The van der Waals surface area contributed by atoms with Gasteiger partial charge in [-0.3, -0.25) is 0 Å². The monoisotopic (exact) mass is 205 g/mol. The summed E-state index contributed by atoms with van der Waals surface area (Å²) in [7, 11) is 1.41. The van der Waals surface area contributed by atoms with Gasteiger partial charge in [-0.1, -0.05) is 0 Å². The quantitative estimate of drug-likeness (QED) is 0.630. The molecule has 0 heterocycles. The van der Waals surface area contributed by atoms with Gasteiger partial charge >= 0.3 is 0 Å². The van der Waals surface area contributed by atoms with Gasteiger partial charge in [-0.05, 0) is 17.7 Å². The number of phenols is 2. The average molecular weight is 206 g/mol. The molecule has 0 unspecified atom stereocenters. The van der Waals surface area contributed by atoms with Crippen molar-refractivity contribution in [1.82, 2.24) is 0 Å². The van der Waals surface area contributed by atoms with Crippen LogP contribution in [0, 0.1) is 0 Å². The lowest BCUT2D eigenvalue weighted by molar-refractivity contribution is 0.350. The zero-order chi connectivity index (χ0) is 9.14. The number of methoxy groups -OCH3 is 1. The Balaban J connectivity index is 0.00000144. The molecule has 0 saturated carbocycles. The number of phenolic OH excluding ortho intramolecular Hbond substituents is 2. The minimum absolute atomic E-state index is 0. The van der Waals surface area contributed by atoms with E-state index in [1.165, 1.54) is 13.2 Å². The van der Waals surface area contributed by atoms with Gasteiger partial charge in [0.1, 0.15) is 0 Å². The molecule has 0 aliphatic heterocycles. The van der Waals surface area contributed by atoms with Crippen LogP contribution in [0.1, 0.15) is 5.56 Å². The minimum atomic E-state index is -0.255. The predicted molar refractivity (Wildman–Crippen MR) is 51.5 cm³/mol. The minimum Gasteiger partial charge on any atom is -0.504 e. The first-order valence-electron chi connectivity index (χ1n) is 3.48. The number of ether oxygens (including phenoxy) is 1. The van der Waals surface area contributed by atoms with Crippen molar-refractivity contribution in [3.8, 4) is 17.2 Å². The van der Waals surface area contributed by atoms with Crippen LogP contribution in [0.2, 0.25) is 0 Å². The summed E-state index contributed by atoms with van der Waals surface area (Å²) in [6.45, 7) is 0.296. The van der Waals surface area contributed by atoms with E-state index in [1.807, 2.05) is 0 Å². The van der Waals surface area contributed by atoms with Crippen LogP contribution in [0.15, 0.2) is 12.1 Å². The van der Waals surface area contributed by atoms with Gasteiger partial charge in [0, 0.05) is 6.54 Å². The number of benzene rings is 1. The number of hydrogen-bond donors (Lipinski definition) is 3. The van der Waals surface area contributed by atoms with Gasteiger partial charge in [0.05, 0.1) is 7.11 Å². The standard InChI is InChI=1S/C8H11NO3.ClH/c1-12-7-3-5(4-9)2-6(10)8(7)11;/h2-3,10-11H,4,9H2,1H3;1H. The van der Waals surface area contributed by atoms with Crippen LogP contribution in [0.25, 0.3) is 0 Å². The third kappa shape index (κ3) is 2.40. The summed E-state index contributed by atoms with van der Waals surface area (Å²) in [6.07, 6.45) is 0. The van der Waals surface area contributed by atoms with Crippen molar-refractivity contribution >= 4 is 12.4 Å². The number of rotatable bonds is 2. The molecule has 0 fully saturated rings. The predicted octanol–water partition coefficient (Wildman–Crippen LogP) is 0.987. The molecule has 13 heavy (non-hydrogen) atoms. The van der Waals surface area contributed by atoms with Crippen molar-refractivity contribution in [3.05, 3.63) is 17.7 Å². The van der Waals surface area contributed by atoms with Crippen molar-refractivity contribution in [2.45, 2.75) is 6.54 Å². The van der Waals surface area contributed by atoms with Gasteiger partial charge in [-0.2, -0.15) is 0 Å². The maximum Gasteiger partial charge on any atom is 0.200 e. The summed E-state index contributed by atoms with van der Waals surface area (Å²) >= 11 is 0. The molecule has 0 bridgehead atoms. The van der Waals surface area contributed by atoms with E-state index in [0.717, 1.165) is 0 Å². The van der Waals surface area contributed by atoms with E-state index in [1.54, 1.807) is 6.07 Å². The van der Waals surface area contributed by atoms with Gasteiger partial charge in [0.15, 0.2) is 11.5 Å². The first kappa shape index (κ1) is 11.9. The molecular formula is C8H12ClNO3. The molecule has 0 aromatic heterocycles. The van der Waals surface area contributed by atoms with Crippen LogP contribution in [0.3, 0.4) is 0 Å². The molecule has 0 aliphatic carbocycles. The van der Waals surface area contributed by atoms with E-state index in [0.29, 0.717) is 12.1 Å². The lowest BCUT2D eigenvalue weighted by Crippen LogP contribution is -1.96. The zero-order valence-electron chi connectivity index (χ0n) is 7.15. The highest BCUT2D eigenvalue weighted by atomic mass is 35.5. The molecule has 0 spiro atoms. The molecule has 1 aromatic rings. The highest BCUT2D eigenvalue weighted by molar-refractivity contribution is 5.85. The Labute approximate surface area is 82.4 Å². The third-order valence-electron chi connectivity index (χ3n) is 1.57. The Morgan fingerprint density at radius 1 is 1.38 bits per heavy atom. The van der Waals surface area contributed by atoms with E-state index in [-0.39, 0.29) is 29.7 Å². The normalized spacial score (nSPS) is 9.08. The van der Waals surface area contributed by atoms with E-state index < -0.39 is 0 Å². The van der Waals surface area contributed by atoms with Crippen molar-refractivity contribution in [2.75, 3.05) is 7.11 Å². The maximum atomic E-state index is 9.20. The molecule has 4 N–H and O–H groups in total. The van der Waals surface area contributed by atoms with Crippen LogP contribution in [0.4, 0.5) is 0 Å². The average Bonchev–Trinajstić information content (AvgIpc) is 2.09. The molecule has 5 heteroatoms. The van der Waals surface area contributed by atoms with Crippen molar-refractivity contribution in [1.29, 1.82) is 0 Å². The lowest BCUT2D eigenvalue weighted by atomic mass is 10.2. The summed E-state index contributed by atoms with van der Waals surface area (Å²) in [5.74, 6) is -0.236. The Hall–Kier alpha value is -1.13. The first-order chi connectivity index (χ1) is 5.69. The third-order valence-corrected chi connectivity index (χ3v) is 1.57. The Kier molecular flexibility index (Phi) is 4.37. The molecule has 0 radical (unpaired) electrons. The number of aromatic hydroxyl groups is 2. The number of hydrogen-bond acceptors (Lipinski definition) is 4. The van der Waals surface area contributed by atoms with Crippen LogP contribution >= 0.6 is 12.4 Å². The van der Waals surface area contributed by atoms with Crippen LogP contribution < -0.4 is 10.5 Å². The first-order valence-corrected chi connectivity index (χ1v) is 3.48. The maximum absolute atomic E-state index is 9.20. The van der Waals surface area contributed by atoms with E-state index >= 15 is 0 Å². The second-order valence-electron chi connectivity index (χ2n) is 2.37. The van der Waals surface area contributed by atoms with E-state index in [9.17, 15) is 5.11 Å². The van der Waals surface area contributed by atoms with Crippen LogP contribution in [-0.2, 0) is 6.54 Å². The van der Waals surface area contributed by atoms with Gasteiger partial charge in [0.2, 0.25) is 5.75 Å². The van der Waals surface area contributed by atoms with Crippen LogP contribution in [0.5, 0.6) is 17.2 Å². The smallest absolute Gasteiger partial charge is 0.200 e. The molecule has 74 valence electrons. The van der Waals surface area contributed by atoms with Crippen molar-refractivity contribution in [3.63, 3.8) is 0 Å². The fraction of sp³-hybridized carbons (Fsp3) is 0.250. The molecule has 0 saturated heterocycles. The molecule has 4 nitrogen and oxygen atoms in total. The summed E-state index contributed by atoms with van der Waals surface area (Å²) in [5.41, 5.74) is 6.05. The summed E-state index contributed by atoms with van der Waals surface area (Å²) in [6, 6.07) is 2.98. The zero-order valence-corrected chi connectivity index (χ0v) is 7.97. The summed E-state index contributed by atoms with van der Waals surface area (Å²) < 4.78 is 4.80. The van der Waals surface area contributed by atoms with Crippen LogP contribution in [-0.4, -0.2) is 17.3 Å². The Morgan fingerprint density at radius 2 is 2.00 bits per heavy atom. The SMILES string of the molecule is COc1cc(CN)cc(O)c1O.Cl. The summed E-state index contributed by atoms with van der Waals surface area (Å²) in [4.78, 5) is 0.